The highest BCUT2D eigenvalue weighted by Crippen LogP contribution is 2.36. The number of aliphatic carboxylic acids is 1. The van der Waals surface area contributed by atoms with Gasteiger partial charge in [0.05, 0.1) is 0 Å². The lowest BCUT2D eigenvalue weighted by atomic mass is 10.0. The summed E-state index contributed by atoms with van der Waals surface area (Å²) in [5.41, 5.74) is 4.52. The van der Waals surface area contributed by atoms with Crippen LogP contribution in [0.3, 0.4) is 0 Å². The van der Waals surface area contributed by atoms with Crippen molar-refractivity contribution in [1.29, 1.82) is 0 Å². The number of amides is 2. The number of unbranched alkanes of at least 4 members (excludes halogenated alkanes) is 1. The molecule has 1 aliphatic carbocycles. The van der Waals surface area contributed by atoms with Crippen molar-refractivity contribution in [2.24, 2.45) is 0 Å². The second-order valence-electron chi connectivity index (χ2n) is 9.66. The lowest BCUT2D eigenvalue weighted by Gasteiger charge is -2.29. The minimum Gasteiger partial charge on any atom is -0.480 e. The fourth-order valence-electron chi connectivity index (χ4n) is 4.12. The Hall–Kier alpha value is -2.47. The monoisotopic (exact) mass is 468 g/mol. The van der Waals surface area contributed by atoms with Crippen molar-refractivity contribution in [2.75, 3.05) is 11.9 Å². The molecule has 1 atom stereocenters. The summed E-state index contributed by atoms with van der Waals surface area (Å²) in [5.74, 6) is -0.369. The van der Waals surface area contributed by atoms with Gasteiger partial charge in [0, 0.05) is 23.2 Å². The summed E-state index contributed by atoms with van der Waals surface area (Å²) < 4.78 is -0.885. The largest absolute Gasteiger partial charge is 0.480 e. The maximum Gasteiger partial charge on any atom is 0.322 e. The smallest absolute Gasteiger partial charge is 0.322 e. The molecule has 2 amide bonds. The number of carboxylic acids is 1. The van der Waals surface area contributed by atoms with Crippen molar-refractivity contribution >= 4 is 29.4 Å². The molecule has 0 saturated carbocycles. The van der Waals surface area contributed by atoms with Gasteiger partial charge in [0.25, 0.3) is 0 Å². The molecule has 0 bridgehead atoms. The van der Waals surface area contributed by atoms with E-state index in [1.54, 1.807) is 13.8 Å². The SMILES string of the molecule is CCCCN(C(=O)Nc1ccc(C(C)C)cc1)C1Cc2ccc(SC(C)(C)C(=O)O)cc2C1. The van der Waals surface area contributed by atoms with Gasteiger partial charge in [-0.15, -0.1) is 11.8 Å². The second-order valence-corrected chi connectivity index (χ2v) is 11.4. The number of anilines is 1. The maximum absolute atomic E-state index is 13.3. The zero-order valence-electron chi connectivity index (χ0n) is 20.4. The first-order valence-corrected chi connectivity index (χ1v) is 12.6. The summed E-state index contributed by atoms with van der Waals surface area (Å²) in [6.45, 7) is 10.6. The highest BCUT2D eigenvalue weighted by molar-refractivity contribution is 8.01. The molecule has 2 aromatic rings. The first-order chi connectivity index (χ1) is 15.6. The normalized spacial score (nSPS) is 15.4. The third-order valence-corrected chi connectivity index (χ3v) is 7.43. The van der Waals surface area contributed by atoms with Crippen LogP contribution in [0.25, 0.3) is 0 Å². The molecule has 0 saturated heterocycles. The molecule has 3 rings (SSSR count). The van der Waals surface area contributed by atoms with Gasteiger partial charge in [-0.1, -0.05) is 45.4 Å². The van der Waals surface area contributed by atoms with Crippen molar-refractivity contribution in [3.05, 3.63) is 59.2 Å². The topological polar surface area (TPSA) is 69.6 Å². The van der Waals surface area contributed by atoms with E-state index in [0.29, 0.717) is 5.92 Å². The first kappa shape index (κ1) is 25.2. The molecule has 178 valence electrons. The van der Waals surface area contributed by atoms with E-state index in [9.17, 15) is 14.7 Å². The van der Waals surface area contributed by atoms with Crippen molar-refractivity contribution in [1.82, 2.24) is 4.90 Å². The van der Waals surface area contributed by atoms with Gasteiger partial charge in [-0.25, -0.2) is 4.79 Å². The molecule has 0 spiro atoms. The summed E-state index contributed by atoms with van der Waals surface area (Å²) >= 11 is 1.36. The first-order valence-electron chi connectivity index (χ1n) is 11.8. The average Bonchev–Trinajstić information content (AvgIpc) is 3.17. The number of urea groups is 1. The number of hydrogen-bond acceptors (Lipinski definition) is 3. The molecule has 0 aliphatic heterocycles. The molecule has 1 unspecified atom stereocenters. The van der Waals surface area contributed by atoms with Crippen molar-refractivity contribution in [3.63, 3.8) is 0 Å². The van der Waals surface area contributed by atoms with Crippen LogP contribution in [0.15, 0.2) is 47.4 Å². The number of nitrogens with one attached hydrogen (secondary N) is 1. The Bertz CT molecular complexity index is 985. The van der Waals surface area contributed by atoms with E-state index in [-0.39, 0.29) is 12.1 Å². The summed E-state index contributed by atoms with van der Waals surface area (Å²) in [5, 5.41) is 12.5. The minimum atomic E-state index is -0.885. The fourth-order valence-corrected chi connectivity index (χ4v) is 5.13. The highest BCUT2D eigenvalue weighted by atomic mass is 32.2. The van der Waals surface area contributed by atoms with Crippen LogP contribution in [0.5, 0.6) is 0 Å². The standard InChI is InChI=1S/C27H36N2O3S/c1-6-7-14-29(26(32)28-22-11-8-19(9-12-22)18(2)3)23-15-20-10-13-24(17-21(20)16-23)33-27(4,5)25(30)31/h8-13,17-18,23H,6-7,14-16H2,1-5H3,(H,28,32)(H,30,31). The summed E-state index contributed by atoms with van der Waals surface area (Å²) in [4.78, 5) is 27.7. The predicted octanol–water partition coefficient (Wildman–Crippen LogP) is 6.57. The molecule has 5 nitrogen and oxygen atoms in total. The number of carboxylic acid groups (broad SMARTS) is 1. The third-order valence-electron chi connectivity index (χ3n) is 6.26. The zero-order chi connectivity index (χ0) is 24.2. The van der Waals surface area contributed by atoms with Gasteiger partial charge in [-0.3, -0.25) is 4.79 Å². The zero-order valence-corrected chi connectivity index (χ0v) is 21.2. The number of fused-ring (bicyclic) bond motifs is 1. The number of thioether (sulfide) groups is 1. The molecule has 6 heteroatoms. The van der Waals surface area contributed by atoms with Gasteiger partial charge in [0.1, 0.15) is 4.75 Å². The Morgan fingerprint density at radius 1 is 1.12 bits per heavy atom. The number of nitrogens with zero attached hydrogens (tertiary/aromatic N) is 1. The Balaban J connectivity index is 1.72. The van der Waals surface area contributed by atoms with Gasteiger partial charge in [0.15, 0.2) is 0 Å². The second kappa shape index (κ2) is 10.6. The Morgan fingerprint density at radius 2 is 1.79 bits per heavy atom. The third kappa shape index (κ3) is 6.32. The summed E-state index contributed by atoms with van der Waals surface area (Å²) in [6.07, 6.45) is 3.60. The number of carbonyl (C=O) groups is 2. The van der Waals surface area contributed by atoms with E-state index in [2.05, 4.69) is 50.4 Å². The average molecular weight is 469 g/mol. The minimum absolute atomic E-state index is 0.0554. The van der Waals surface area contributed by atoms with Crippen LogP contribution in [-0.4, -0.2) is 39.3 Å². The van der Waals surface area contributed by atoms with Crippen LogP contribution < -0.4 is 5.32 Å². The van der Waals surface area contributed by atoms with E-state index < -0.39 is 10.7 Å². The van der Waals surface area contributed by atoms with Crippen LogP contribution in [-0.2, 0) is 17.6 Å². The molecule has 0 aromatic heterocycles. The van der Waals surface area contributed by atoms with Crippen molar-refractivity contribution in [3.8, 4) is 0 Å². The van der Waals surface area contributed by atoms with Gasteiger partial charge in [-0.2, -0.15) is 0 Å². The fraction of sp³-hybridized carbons (Fsp3) is 0.481. The Labute approximate surface area is 202 Å². The van der Waals surface area contributed by atoms with E-state index in [1.807, 2.05) is 23.1 Å². The van der Waals surface area contributed by atoms with Crippen LogP contribution in [0.4, 0.5) is 10.5 Å². The van der Waals surface area contributed by atoms with Crippen LogP contribution in [0.2, 0.25) is 0 Å². The molecule has 2 aromatic carbocycles. The van der Waals surface area contributed by atoms with Crippen molar-refractivity contribution < 1.29 is 14.7 Å². The Morgan fingerprint density at radius 3 is 2.39 bits per heavy atom. The summed E-state index contributed by atoms with van der Waals surface area (Å²) in [7, 11) is 0. The molecule has 0 radical (unpaired) electrons. The van der Waals surface area contributed by atoms with Crippen molar-refractivity contribution in [2.45, 2.75) is 81.9 Å². The number of rotatable bonds is 9. The molecule has 2 N–H and O–H groups in total. The van der Waals surface area contributed by atoms with Gasteiger partial charge < -0.3 is 15.3 Å². The van der Waals surface area contributed by atoms with Crippen LogP contribution >= 0.6 is 11.8 Å². The molecule has 0 heterocycles. The molecular formula is C27H36N2O3S. The number of hydrogen-bond donors (Lipinski definition) is 2. The quantitative estimate of drug-likeness (QED) is 0.409. The van der Waals surface area contributed by atoms with E-state index in [4.69, 9.17) is 0 Å². The van der Waals surface area contributed by atoms with Gasteiger partial charge in [0.2, 0.25) is 0 Å². The molecule has 33 heavy (non-hydrogen) atoms. The van der Waals surface area contributed by atoms with Crippen LogP contribution in [0.1, 0.15) is 70.1 Å². The van der Waals surface area contributed by atoms with Crippen LogP contribution in [0, 0.1) is 0 Å². The molecular weight excluding hydrogens is 432 g/mol. The predicted molar refractivity (Wildman–Crippen MR) is 136 cm³/mol. The van der Waals surface area contributed by atoms with E-state index in [1.165, 1.54) is 28.5 Å². The molecule has 1 aliphatic rings. The maximum atomic E-state index is 13.3. The van der Waals surface area contributed by atoms with Gasteiger partial charge in [-0.05, 0) is 80.0 Å². The highest BCUT2D eigenvalue weighted by Gasteiger charge is 2.32. The summed E-state index contributed by atoms with van der Waals surface area (Å²) in [6, 6.07) is 14.3. The lowest BCUT2D eigenvalue weighted by molar-refractivity contribution is -0.138. The van der Waals surface area contributed by atoms with E-state index in [0.717, 1.165) is 42.8 Å². The van der Waals surface area contributed by atoms with Gasteiger partial charge >= 0.3 is 12.0 Å². The van der Waals surface area contributed by atoms with E-state index >= 15 is 0 Å². The number of carbonyl (C=O) groups excluding carboxylic acids is 1. The lowest BCUT2D eigenvalue weighted by Crippen LogP contribution is -2.44. The number of benzene rings is 2. The Kier molecular flexibility index (Phi) is 8.11. The molecule has 0 fully saturated rings.